The standard InChI is InChI=1S/C9H10N4O/c1-14-9-4-6-11-7-8(9)3-2-5-12-13-10/h2-4,6-7H,5H2,1H3. The van der Waals surface area contributed by atoms with Crippen molar-refractivity contribution in [3.05, 3.63) is 40.5 Å². The van der Waals surface area contributed by atoms with Gasteiger partial charge in [0.1, 0.15) is 5.75 Å². The molecule has 1 heterocycles. The lowest BCUT2D eigenvalue weighted by atomic mass is 10.2. The minimum absolute atomic E-state index is 0.328. The Hall–Kier alpha value is -2.00. The normalized spacial score (nSPS) is 9.79. The van der Waals surface area contributed by atoms with Crippen LogP contribution < -0.4 is 4.74 Å². The molecule has 14 heavy (non-hydrogen) atoms. The van der Waals surface area contributed by atoms with Crippen molar-refractivity contribution in [3.63, 3.8) is 0 Å². The fourth-order valence-corrected chi connectivity index (χ4v) is 0.968. The van der Waals surface area contributed by atoms with Gasteiger partial charge in [-0.15, -0.1) is 0 Å². The quantitative estimate of drug-likeness (QED) is 0.415. The molecule has 0 aliphatic heterocycles. The van der Waals surface area contributed by atoms with E-state index in [1.807, 2.05) is 0 Å². The molecule has 1 aromatic rings. The van der Waals surface area contributed by atoms with Gasteiger partial charge in [0.2, 0.25) is 0 Å². The minimum atomic E-state index is 0.328. The number of azide groups is 1. The van der Waals surface area contributed by atoms with E-state index in [9.17, 15) is 0 Å². The fraction of sp³-hybridized carbons (Fsp3) is 0.222. The summed E-state index contributed by atoms with van der Waals surface area (Å²) in [6, 6.07) is 1.77. The number of rotatable bonds is 4. The summed E-state index contributed by atoms with van der Waals surface area (Å²) in [5.74, 6) is 0.747. The minimum Gasteiger partial charge on any atom is -0.496 e. The second-order valence-electron chi connectivity index (χ2n) is 2.43. The first kappa shape index (κ1) is 10.1. The Balaban J connectivity index is 2.74. The van der Waals surface area contributed by atoms with Crippen molar-refractivity contribution < 1.29 is 4.74 Å². The number of methoxy groups -OCH3 is 1. The van der Waals surface area contributed by atoms with Crippen LogP contribution in [0.5, 0.6) is 5.75 Å². The van der Waals surface area contributed by atoms with E-state index in [0.717, 1.165) is 11.3 Å². The van der Waals surface area contributed by atoms with Gasteiger partial charge in [-0.3, -0.25) is 4.98 Å². The Labute approximate surface area is 81.7 Å². The van der Waals surface area contributed by atoms with Gasteiger partial charge in [0.25, 0.3) is 0 Å². The van der Waals surface area contributed by atoms with Gasteiger partial charge in [0.05, 0.1) is 7.11 Å². The van der Waals surface area contributed by atoms with Gasteiger partial charge in [-0.25, -0.2) is 0 Å². The van der Waals surface area contributed by atoms with E-state index in [-0.39, 0.29) is 0 Å². The first-order chi connectivity index (χ1) is 6.88. The Kier molecular flexibility index (Phi) is 4.04. The average Bonchev–Trinajstić information content (AvgIpc) is 2.25. The summed E-state index contributed by atoms with van der Waals surface area (Å²) in [6.07, 6.45) is 6.90. The van der Waals surface area contributed by atoms with Gasteiger partial charge in [0.15, 0.2) is 0 Å². The zero-order valence-electron chi connectivity index (χ0n) is 7.79. The zero-order chi connectivity index (χ0) is 10.2. The molecule has 0 radical (unpaired) electrons. The van der Waals surface area contributed by atoms with Crippen LogP contribution >= 0.6 is 0 Å². The molecule has 0 aromatic carbocycles. The Morgan fingerprint density at radius 2 is 2.57 bits per heavy atom. The van der Waals surface area contributed by atoms with Crippen molar-refractivity contribution in [1.82, 2.24) is 4.98 Å². The van der Waals surface area contributed by atoms with E-state index >= 15 is 0 Å². The molecule has 5 nitrogen and oxygen atoms in total. The summed E-state index contributed by atoms with van der Waals surface area (Å²) in [4.78, 5) is 6.59. The van der Waals surface area contributed by atoms with E-state index in [0.29, 0.717) is 6.54 Å². The lowest BCUT2D eigenvalue weighted by Gasteiger charge is -2.01. The molecule has 0 fully saturated rings. The zero-order valence-corrected chi connectivity index (χ0v) is 7.79. The lowest BCUT2D eigenvalue weighted by molar-refractivity contribution is 0.413. The first-order valence-corrected chi connectivity index (χ1v) is 4.04. The van der Waals surface area contributed by atoms with Gasteiger partial charge in [-0.05, 0) is 11.6 Å². The SMILES string of the molecule is COc1ccncc1C=CCN=[N+]=[N-]. The van der Waals surface area contributed by atoms with Crippen LogP contribution in [0.15, 0.2) is 29.7 Å². The second kappa shape index (κ2) is 5.61. The highest BCUT2D eigenvalue weighted by Gasteiger charge is 1.96. The third kappa shape index (κ3) is 2.80. The number of nitrogens with zero attached hydrogens (tertiary/aromatic N) is 4. The molecule has 0 saturated heterocycles. The van der Waals surface area contributed by atoms with Crippen LogP contribution in [0, 0.1) is 0 Å². The highest BCUT2D eigenvalue weighted by Crippen LogP contribution is 2.16. The Morgan fingerprint density at radius 1 is 1.71 bits per heavy atom. The van der Waals surface area contributed by atoms with E-state index in [1.165, 1.54) is 0 Å². The molecule has 0 unspecified atom stereocenters. The lowest BCUT2D eigenvalue weighted by Crippen LogP contribution is -1.87. The van der Waals surface area contributed by atoms with Crippen LogP contribution in [0.3, 0.4) is 0 Å². The second-order valence-corrected chi connectivity index (χ2v) is 2.43. The molecule has 0 spiro atoms. The van der Waals surface area contributed by atoms with Crippen LogP contribution in [0.1, 0.15) is 5.56 Å². The smallest absolute Gasteiger partial charge is 0.129 e. The molecule has 0 saturated carbocycles. The largest absolute Gasteiger partial charge is 0.496 e. The number of aromatic nitrogens is 1. The first-order valence-electron chi connectivity index (χ1n) is 4.04. The van der Waals surface area contributed by atoms with Crippen LogP contribution in [0.25, 0.3) is 16.5 Å². The Morgan fingerprint density at radius 3 is 3.29 bits per heavy atom. The van der Waals surface area contributed by atoms with Crippen molar-refractivity contribution in [3.8, 4) is 5.75 Å². The van der Waals surface area contributed by atoms with E-state index in [1.54, 1.807) is 37.7 Å². The molecular weight excluding hydrogens is 180 g/mol. The maximum atomic E-state index is 8.05. The van der Waals surface area contributed by atoms with Gasteiger partial charge in [0, 0.05) is 29.4 Å². The van der Waals surface area contributed by atoms with Crippen molar-refractivity contribution in [1.29, 1.82) is 0 Å². The number of pyridine rings is 1. The van der Waals surface area contributed by atoms with Crippen LogP contribution in [0.4, 0.5) is 0 Å². The molecular formula is C9H10N4O. The maximum absolute atomic E-state index is 8.05. The summed E-state index contributed by atoms with van der Waals surface area (Å²) in [5.41, 5.74) is 8.92. The Bertz CT molecular complexity index is 369. The van der Waals surface area contributed by atoms with Gasteiger partial charge < -0.3 is 4.74 Å². The molecule has 0 atom stereocenters. The fourth-order valence-electron chi connectivity index (χ4n) is 0.968. The third-order valence-corrected chi connectivity index (χ3v) is 1.58. The number of hydrogen-bond donors (Lipinski definition) is 0. The molecule has 5 heteroatoms. The van der Waals surface area contributed by atoms with Gasteiger partial charge >= 0.3 is 0 Å². The van der Waals surface area contributed by atoms with E-state index < -0.39 is 0 Å². The van der Waals surface area contributed by atoms with Crippen LogP contribution in [-0.4, -0.2) is 18.6 Å². The van der Waals surface area contributed by atoms with Gasteiger partial charge in [-0.2, -0.15) is 0 Å². The summed E-state index contributed by atoms with van der Waals surface area (Å²) >= 11 is 0. The maximum Gasteiger partial charge on any atom is 0.129 e. The highest BCUT2D eigenvalue weighted by molar-refractivity contribution is 5.55. The predicted molar refractivity (Wildman–Crippen MR) is 53.8 cm³/mol. The van der Waals surface area contributed by atoms with Crippen LogP contribution in [0.2, 0.25) is 0 Å². The van der Waals surface area contributed by atoms with Crippen molar-refractivity contribution in [2.24, 2.45) is 5.11 Å². The highest BCUT2D eigenvalue weighted by atomic mass is 16.5. The summed E-state index contributed by atoms with van der Waals surface area (Å²) < 4.78 is 5.11. The molecule has 0 N–H and O–H groups in total. The molecule has 0 amide bonds. The van der Waals surface area contributed by atoms with Crippen molar-refractivity contribution >= 4 is 6.08 Å². The molecule has 72 valence electrons. The topological polar surface area (TPSA) is 70.9 Å². The molecule has 0 bridgehead atoms. The van der Waals surface area contributed by atoms with Crippen molar-refractivity contribution in [2.75, 3.05) is 13.7 Å². The monoisotopic (exact) mass is 190 g/mol. The van der Waals surface area contributed by atoms with E-state index in [2.05, 4.69) is 15.0 Å². The molecule has 1 aromatic heterocycles. The van der Waals surface area contributed by atoms with Crippen molar-refractivity contribution in [2.45, 2.75) is 0 Å². The number of hydrogen-bond acceptors (Lipinski definition) is 3. The molecule has 0 aliphatic rings. The summed E-state index contributed by atoms with van der Waals surface area (Å²) in [7, 11) is 1.60. The average molecular weight is 190 g/mol. The third-order valence-electron chi connectivity index (χ3n) is 1.58. The van der Waals surface area contributed by atoms with E-state index in [4.69, 9.17) is 10.3 Å². The van der Waals surface area contributed by atoms with Gasteiger partial charge in [-0.1, -0.05) is 17.3 Å². The summed E-state index contributed by atoms with van der Waals surface area (Å²) in [5, 5.41) is 3.37. The summed E-state index contributed by atoms with van der Waals surface area (Å²) in [6.45, 7) is 0.328. The number of ether oxygens (including phenoxy) is 1. The molecule has 0 aliphatic carbocycles. The van der Waals surface area contributed by atoms with Crippen LogP contribution in [-0.2, 0) is 0 Å². The predicted octanol–water partition coefficient (Wildman–Crippen LogP) is 2.41. The molecule has 1 rings (SSSR count).